The maximum Gasteiger partial charge on any atom is 0.226 e. The number of hydrogen-bond donors (Lipinski definition) is 3. The zero-order valence-corrected chi connectivity index (χ0v) is 8.54. The van der Waals surface area contributed by atoms with Crippen molar-refractivity contribution in [2.45, 2.75) is 18.8 Å². The molecule has 3 N–H and O–H groups in total. The summed E-state index contributed by atoms with van der Waals surface area (Å²) < 4.78 is 5.02. The average molecular weight is 227 g/mol. The van der Waals surface area contributed by atoms with Gasteiger partial charge >= 0.3 is 0 Å². The minimum atomic E-state index is -0.760. The fraction of sp³-hybridized carbons (Fsp3) is 0.500. The zero-order chi connectivity index (χ0) is 11.7. The Morgan fingerprint density at radius 2 is 2.00 bits per heavy atom. The van der Waals surface area contributed by atoms with E-state index in [1.54, 1.807) is 4.90 Å². The van der Waals surface area contributed by atoms with Crippen LogP contribution in [0.2, 0.25) is 0 Å². The topological polar surface area (TPSA) is 94.1 Å². The van der Waals surface area contributed by atoms with E-state index in [1.807, 2.05) is 0 Å². The Morgan fingerprint density at radius 1 is 1.38 bits per heavy atom. The molecule has 88 valence electrons. The standard InChI is InChI=1S/C10H13NO5/c12-7-1-6(16-5-10(7)15)2-11-3-8(13)9(14)4-11/h1,5,8-9,13-15H,2-4H2. The highest BCUT2D eigenvalue weighted by molar-refractivity contribution is 5.15. The quantitative estimate of drug-likeness (QED) is 0.592. The largest absolute Gasteiger partial charge is 0.502 e. The SMILES string of the molecule is O=c1cc(CN2CC(O)C(O)C2)occ1O. The van der Waals surface area contributed by atoms with Crippen molar-refractivity contribution in [3.8, 4) is 5.75 Å². The van der Waals surface area contributed by atoms with Gasteiger partial charge in [0.2, 0.25) is 5.43 Å². The molecule has 1 aromatic rings. The molecule has 0 aromatic carbocycles. The van der Waals surface area contributed by atoms with Gasteiger partial charge < -0.3 is 19.7 Å². The first-order chi connectivity index (χ1) is 7.56. The molecule has 2 unspecified atom stereocenters. The Morgan fingerprint density at radius 3 is 2.56 bits per heavy atom. The molecule has 1 fully saturated rings. The van der Waals surface area contributed by atoms with Gasteiger partial charge in [0, 0.05) is 19.2 Å². The van der Waals surface area contributed by atoms with Crippen LogP contribution in [0.15, 0.2) is 21.5 Å². The molecule has 0 amide bonds. The number of β-amino-alcohol motifs (C(OH)–C–C–N with tert-alkyl or cyclic N) is 2. The second-order valence-corrected chi connectivity index (χ2v) is 3.92. The molecular formula is C10H13NO5. The zero-order valence-electron chi connectivity index (χ0n) is 8.54. The van der Waals surface area contributed by atoms with E-state index in [0.717, 1.165) is 6.26 Å². The predicted molar refractivity (Wildman–Crippen MR) is 53.9 cm³/mol. The molecule has 6 nitrogen and oxygen atoms in total. The lowest BCUT2D eigenvalue weighted by Crippen LogP contribution is -2.22. The molecule has 0 saturated carbocycles. The third kappa shape index (κ3) is 2.24. The van der Waals surface area contributed by atoms with Gasteiger partial charge in [-0.25, -0.2) is 0 Å². The maximum atomic E-state index is 11.1. The van der Waals surface area contributed by atoms with Gasteiger partial charge in [0.05, 0.1) is 18.8 Å². The molecule has 1 aliphatic heterocycles. The van der Waals surface area contributed by atoms with E-state index in [9.17, 15) is 15.0 Å². The highest BCUT2D eigenvalue weighted by Gasteiger charge is 2.29. The van der Waals surface area contributed by atoms with Crippen molar-refractivity contribution in [3.05, 3.63) is 28.3 Å². The van der Waals surface area contributed by atoms with E-state index in [4.69, 9.17) is 9.52 Å². The molecule has 2 heterocycles. The number of nitrogens with zero attached hydrogens (tertiary/aromatic N) is 1. The van der Waals surface area contributed by atoms with Crippen LogP contribution in [0.4, 0.5) is 0 Å². The molecule has 6 heteroatoms. The van der Waals surface area contributed by atoms with Gasteiger partial charge in [0.1, 0.15) is 12.0 Å². The number of aromatic hydroxyl groups is 1. The Bertz CT molecular complexity index is 419. The highest BCUT2D eigenvalue weighted by atomic mass is 16.4. The van der Waals surface area contributed by atoms with Crippen molar-refractivity contribution in [2.24, 2.45) is 0 Å². The van der Waals surface area contributed by atoms with Crippen LogP contribution in [-0.4, -0.2) is 45.5 Å². The van der Waals surface area contributed by atoms with Gasteiger partial charge in [-0.1, -0.05) is 0 Å². The van der Waals surface area contributed by atoms with Crippen LogP contribution in [0.1, 0.15) is 5.76 Å². The molecule has 2 atom stereocenters. The average Bonchev–Trinajstić information content (AvgIpc) is 2.52. The lowest BCUT2D eigenvalue weighted by Gasteiger charge is -2.13. The smallest absolute Gasteiger partial charge is 0.226 e. The Hall–Kier alpha value is -1.37. The Balaban J connectivity index is 2.05. The van der Waals surface area contributed by atoms with Gasteiger partial charge in [-0.15, -0.1) is 0 Å². The Labute approximate surface area is 91.4 Å². The molecule has 0 aliphatic carbocycles. The van der Waals surface area contributed by atoms with E-state index in [-0.39, 0.29) is 0 Å². The minimum Gasteiger partial charge on any atom is -0.502 e. The van der Waals surface area contributed by atoms with Crippen molar-refractivity contribution in [2.75, 3.05) is 13.1 Å². The summed E-state index contributed by atoms with van der Waals surface area (Å²) in [6, 6.07) is 1.20. The number of aliphatic hydroxyl groups excluding tert-OH is 2. The first kappa shape index (κ1) is 11.1. The molecule has 0 bridgehead atoms. The van der Waals surface area contributed by atoms with Gasteiger partial charge in [-0.05, 0) is 0 Å². The molecule has 0 spiro atoms. The second kappa shape index (κ2) is 4.25. The summed E-state index contributed by atoms with van der Waals surface area (Å²) in [5, 5.41) is 27.6. The van der Waals surface area contributed by atoms with Gasteiger partial charge in [0.25, 0.3) is 0 Å². The summed E-state index contributed by atoms with van der Waals surface area (Å²) in [6.45, 7) is 1.00. The monoisotopic (exact) mass is 227 g/mol. The van der Waals surface area contributed by atoms with Crippen molar-refractivity contribution < 1.29 is 19.7 Å². The molecular weight excluding hydrogens is 214 g/mol. The summed E-state index contributed by atoms with van der Waals surface area (Å²) in [7, 11) is 0. The minimum absolute atomic E-state index is 0.323. The van der Waals surface area contributed by atoms with Crippen molar-refractivity contribution in [1.82, 2.24) is 4.90 Å². The molecule has 1 aromatic heterocycles. The number of rotatable bonds is 2. The third-order valence-electron chi connectivity index (χ3n) is 2.58. The van der Waals surface area contributed by atoms with Crippen LogP contribution in [0, 0.1) is 0 Å². The number of hydrogen-bond acceptors (Lipinski definition) is 6. The maximum absolute atomic E-state index is 11.1. The van der Waals surface area contributed by atoms with Crippen LogP contribution in [0.25, 0.3) is 0 Å². The molecule has 2 rings (SSSR count). The van der Waals surface area contributed by atoms with Gasteiger partial charge in [-0.2, -0.15) is 0 Å². The van der Waals surface area contributed by atoms with Crippen LogP contribution >= 0.6 is 0 Å². The van der Waals surface area contributed by atoms with Crippen LogP contribution in [0.5, 0.6) is 5.75 Å². The first-order valence-corrected chi connectivity index (χ1v) is 4.95. The van der Waals surface area contributed by atoms with Crippen LogP contribution in [-0.2, 0) is 6.54 Å². The summed E-state index contributed by atoms with van der Waals surface area (Å²) in [5.41, 5.74) is -0.499. The van der Waals surface area contributed by atoms with E-state index < -0.39 is 23.4 Å². The highest BCUT2D eigenvalue weighted by Crippen LogP contribution is 2.14. The van der Waals surface area contributed by atoms with Gasteiger partial charge in [-0.3, -0.25) is 9.69 Å². The number of aliphatic hydroxyl groups is 2. The van der Waals surface area contributed by atoms with E-state index >= 15 is 0 Å². The van der Waals surface area contributed by atoms with E-state index in [2.05, 4.69) is 0 Å². The molecule has 0 radical (unpaired) electrons. The fourth-order valence-electron chi connectivity index (χ4n) is 1.72. The van der Waals surface area contributed by atoms with Crippen molar-refractivity contribution in [3.63, 3.8) is 0 Å². The van der Waals surface area contributed by atoms with Crippen LogP contribution < -0.4 is 5.43 Å². The molecule has 1 aliphatic rings. The summed E-state index contributed by atoms with van der Waals surface area (Å²) in [4.78, 5) is 12.9. The van der Waals surface area contributed by atoms with Crippen molar-refractivity contribution in [1.29, 1.82) is 0 Å². The molecule has 16 heavy (non-hydrogen) atoms. The summed E-state index contributed by atoms with van der Waals surface area (Å²) in [5.74, 6) is -0.0330. The predicted octanol–water partition coefficient (Wildman–Crippen LogP) is -1.12. The summed E-state index contributed by atoms with van der Waals surface area (Å²) >= 11 is 0. The molecule has 1 saturated heterocycles. The Kier molecular flexibility index (Phi) is 2.95. The normalized spacial score (nSPS) is 26.1. The van der Waals surface area contributed by atoms with Gasteiger partial charge in [0.15, 0.2) is 5.75 Å². The lowest BCUT2D eigenvalue weighted by molar-refractivity contribution is 0.0572. The van der Waals surface area contributed by atoms with E-state index in [0.29, 0.717) is 25.4 Å². The lowest BCUT2D eigenvalue weighted by atomic mass is 10.3. The second-order valence-electron chi connectivity index (χ2n) is 3.92. The summed E-state index contributed by atoms with van der Waals surface area (Å²) in [6.07, 6.45) is -0.534. The first-order valence-electron chi connectivity index (χ1n) is 4.95. The fourth-order valence-corrected chi connectivity index (χ4v) is 1.72. The van der Waals surface area contributed by atoms with E-state index in [1.165, 1.54) is 6.07 Å². The number of likely N-dealkylation sites (tertiary alicyclic amines) is 1. The van der Waals surface area contributed by atoms with Crippen LogP contribution in [0.3, 0.4) is 0 Å². The van der Waals surface area contributed by atoms with Crippen molar-refractivity contribution >= 4 is 0 Å². The third-order valence-corrected chi connectivity index (χ3v) is 2.58.